The molecule has 0 aliphatic heterocycles. The van der Waals surface area contributed by atoms with Crippen LogP contribution in [0.1, 0.15) is 23.2 Å². The maximum atomic E-state index is 10.5. The minimum atomic E-state index is 0.175. The zero-order valence-electron chi connectivity index (χ0n) is 13.2. The van der Waals surface area contributed by atoms with Gasteiger partial charge < -0.3 is 5.21 Å². The zero-order chi connectivity index (χ0) is 16.6. The lowest BCUT2D eigenvalue weighted by molar-refractivity contribution is -0.768. The lowest BCUT2D eigenvalue weighted by atomic mass is 10.1. The Hall–Kier alpha value is -3.02. The number of hydrogen-bond acceptors (Lipinski definition) is 5. The molecule has 0 fully saturated rings. The lowest BCUT2D eigenvalue weighted by Gasteiger charge is -1.99. The van der Waals surface area contributed by atoms with Crippen LogP contribution in [-0.4, -0.2) is 5.27 Å². The first-order chi connectivity index (χ1) is 11.9. The molecular formula is C18H18N4O2. The molecule has 0 aliphatic rings. The van der Waals surface area contributed by atoms with Crippen LogP contribution < -0.4 is 4.68 Å². The second-order valence-corrected chi connectivity index (χ2v) is 5.48. The van der Waals surface area contributed by atoms with Gasteiger partial charge in [-0.15, -0.1) is 5.11 Å². The molecule has 24 heavy (non-hydrogen) atoms. The van der Waals surface area contributed by atoms with Gasteiger partial charge in [-0.25, -0.2) is 5.28 Å². The predicted octanol–water partition coefficient (Wildman–Crippen LogP) is 3.77. The molecule has 0 spiro atoms. The highest BCUT2D eigenvalue weighted by molar-refractivity contribution is 5.30. The van der Waals surface area contributed by atoms with Crippen molar-refractivity contribution < 1.29 is 9.20 Å². The van der Waals surface area contributed by atoms with Crippen molar-refractivity contribution in [1.82, 2.24) is 5.27 Å². The second kappa shape index (κ2) is 8.01. The van der Waals surface area contributed by atoms with Gasteiger partial charge in [-0.2, -0.15) is 0 Å². The molecule has 0 saturated heterocycles. The smallest absolute Gasteiger partial charge is 0.342 e. The number of nitrogens with zero attached hydrogens (tertiary/aromatic N) is 4. The van der Waals surface area contributed by atoms with Crippen molar-refractivity contribution in [2.75, 3.05) is 0 Å². The van der Waals surface area contributed by atoms with Gasteiger partial charge in [-0.3, -0.25) is 4.52 Å². The van der Waals surface area contributed by atoms with Gasteiger partial charge in [0.25, 0.3) is 5.69 Å². The van der Waals surface area contributed by atoms with E-state index >= 15 is 0 Å². The normalized spacial score (nSPS) is 11.2. The Labute approximate surface area is 140 Å². The van der Waals surface area contributed by atoms with Crippen LogP contribution in [0.25, 0.3) is 0 Å². The van der Waals surface area contributed by atoms with E-state index < -0.39 is 0 Å². The summed E-state index contributed by atoms with van der Waals surface area (Å²) in [6.07, 6.45) is 2.45. The maximum Gasteiger partial charge on any atom is 0.342 e. The summed E-state index contributed by atoms with van der Waals surface area (Å²) in [5.74, 6) is 0.175. The van der Waals surface area contributed by atoms with Crippen molar-refractivity contribution in [2.24, 2.45) is 10.4 Å². The summed E-state index contributed by atoms with van der Waals surface area (Å²) in [6.45, 7) is 0.689. The van der Waals surface area contributed by atoms with Gasteiger partial charge in [0, 0.05) is 6.42 Å². The fourth-order valence-electron chi connectivity index (χ4n) is 2.62. The number of aryl methyl sites for hydroxylation is 2. The number of rotatable bonds is 7. The zero-order valence-corrected chi connectivity index (χ0v) is 13.2. The summed E-state index contributed by atoms with van der Waals surface area (Å²) in [6, 6.07) is 20.2. The standard InChI is InChI=1S/C18H18N4O2/c23-20-19-18-17(14-16-10-5-2-6-11-16)22(21-24-18)13-7-12-15-8-3-1-4-9-15/h1-6,8-11H,7,12-14H2. The SMILES string of the molecule is [O-]/N=N/c1on[n+](CCCc2ccccc2)c1Cc1ccccc1. The molecule has 0 N–H and O–H groups in total. The van der Waals surface area contributed by atoms with E-state index in [1.165, 1.54) is 5.56 Å². The molecule has 0 bridgehead atoms. The van der Waals surface area contributed by atoms with Crippen LogP contribution in [0.15, 0.2) is 75.6 Å². The second-order valence-electron chi connectivity index (χ2n) is 5.48. The molecule has 3 aromatic rings. The van der Waals surface area contributed by atoms with Crippen LogP contribution in [0.4, 0.5) is 5.88 Å². The average Bonchev–Trinajstić information content (AvgIpc) is 2.99. The minimum Gasteiger partial charge on any atom is -0.775 e. The highest BCUT2D eigenvalue weighted by atomic mass is 16.5. The molecule has 1 aromatic heterocycles. The van der Waals surface area contributed by atoms with Gasteiger partial charge >= 0.3 is 5.88 Å². The lowest BCUT2D eigenvalue weighted by Crippen LogP contribution is -2.39. The van der Waals surface area contributed by atoms with Crippen LogP contribution in [0.2, 0.25) is 0 Å². The third-order valence-corrected chi connectivity index (χ3v) is 3.81. The highest BCUT2D eigenvalue weighted by Gasteiger charge is 2.24. The van der Waals surface area contributed by atoms with Crippen molar-refractivity contribution in [2.45, 2.75) is 25.8 Å². The number of benzene rings is 2. The number of hydrogen-bond donors (Lipinski definition) is 0. The van der Waals surface area contributed by atoms with E-state index in [1.807, 2.05) is 48.5 Å². The van der Waals surface area contributed by atoms with Gasteiger partial charge in [-0.05, 0) is 22.2 Å². The Morgan fingerprint density at radius 1 is 0.958 bits per heavy atom. The van der Waals surface area contributed by atoms with E-state index in [9.17, 15) is 5.21 Å². The Balaban J connectivity index is 1.72. The molecule has 6 nitrogen and oxygen atoms in total. The third-order valence-electron chi connectivity index (χ3n) is 3.81. The first-order valence-corrected chi connectivity index (χ1v) is 7.86. The monoisotopic (exact) mass is 322 g/mol. The summed E-state index contributed by atoms with van der Waals surface area (Å²) in [5.41, 5.74) is 3.14. The Morgan fingerprint density at radius 3 is 2.29 bits per heavy atom. The maximum absolute atomic E-state index is 10.5. The van der Waals surface area contributed by atoms with E-state index in [0.717, 1.165) is 24.1 Å². The summed E-state index contributed by atoms with van der Waals surface area (Å²) in [7, 11) is 0. The molecule has 0 radical (unpaired) electrons. The molecule has 122 valence electrons. The average molecular weight is 322 g/mol. The van der Waals surface area contributed by atoms with E-state index in [1.54, 1.807) is 4.68 Å². The van der Waals surface area contributed by atoms with Gasteiger partial charge in [0.2, 0.25) is 5.27 Å². The Kier molecular flexibility index (Phi) is 5.29. The molecule has 2 aromatic carbocycles. The summed E-state index contributed by atoms with van der Waals surface area (Å²) >= 11 is 0. The first kappa shape index (κ1) is 15.9. The highest BCUT2D eigenvalue weighted by Crippen LogP contribution is 2.19. The largest absolute Gasteiger partial charge is 0.775 e. The van der Waals surface area contributed by atoms with Gasteiger partial charge in [0.1, 0.15) is 0 Å². The summed E-state index contributed by atoms with van der Waals surface area (Å²) < 4.78 is 6.93. The van der Waals surface area contributed by atoms with E-state index in [2.05, 4.69) is 27.8 Å². The van der Waals surface area contributed by atoms with Gasteiger partial charge in [-0.1, -0.05) is 60.7 Å². The number of aromatic nitrogens is 2. The Bertz CT molecular complexity index is 785. The van der Waals surface area contributed by atoms with Crippen LogP contribution in [0.3, 0.4) is 0 Å². The van der Waals surface area contributed by atoms with Crippen molar-refractivity contribution >= 4 is 5.88 Å². The van der Waals surface area contributed by atoms with E-state index in [4.69, 9.17) is 4.52 Å². The molecule has 6 heteroatoms. The quantitative estimate of drug-likeness (QED) is 0.377. The predicted molar refractivity (Wildman–Crippen MR) is 88.6 cm³/mol. The van der Waals surface area contributed by atoms with Crippen molar-refractivity contribution in [3.8, 4) is 0 Å². The van der Waals surface area contributed by atoms with Crippen molar-refractivity contribution in [1.29, 1.82) is 0 Å². The van der Waals surface area contributed by atoms with Crippen LogP contribution in [0, 0.1) is 5.21 Å². The van der Waals surface area contributed by atoms with Gasteiger partial charge in [0.15, 0.2) is 6.54 Å². The van der Waals surface area contributed by atoms with Gasteiger partial charge in [0.05, 0.1) is 6.42 Å². The molecule has 0 saturated carbocycles. The van der Waals surface area contributed by atoms with E-state index in [0.29, 0.717) is 13.0 Å². The fraction of sp³-hybridized carbons (Fsp3) is 0.222. The molecular weight excluding hydrogens is 304 g/mol. The van der Waals surface area contributed by atoms with Crippen LogP contribution >= 0.6 is 0 Å². The molecule has 0 amide bonds. The third kappa shape index (κ3) is 4.04. The molecule has 0 unspecified atom stereocenters. The molecule has 0 atom stereocenters. The Morgan fingerprint density at radius 2 is 1.62 bits per heavy atom. The molecule has 1 heterocycles. The summed E-state index contributed by atoms with van der Waals surface area (Å²) in [5, 5.41) is 20.6. The fourth-order valence-corrected chi connectivity index (χ4v) is 2.62. The minimum absolute atomic E-state index is 0.175. The van der Waals surface area contributed by atoms with Crippen LogP contribution in [0.5, 0.6) is 0 Å². The topological polar surface area (TPSA) is 77.7 Å². The van der Waals surface area contributed by atoms with Crippen LogP contribution in [-0.2, 0) is 19.4 Å². The molecule has 3 rings (SSSR count). The molecule has 0 aliphatic carbocycles. The van der Waals surface area contributed by atoms with Crippen molar-refractivity contribution in [3.05, 3.63) is 82.7 Å². The first-order valence-electron chi connectivity index (χ1n) is 7.86. The van der Waals surface area contributed by atoms with Crippen molar-refractivity contribution in [3.63, 3.8) is 0 Å². The van der Waals surface area contributed by atoms with E-state index in [-0.39, 0.29) is 5.88 Å². The summed E-state index contributed by atoms with van der Waals surface area (Å²) in [4.78, 5) is 0.